The molecule has 0 unspecified atom stereocenters. The number of benzene rings is 3. The largest absolute Gasteiger partial charge is 0.331 e. The van der Waals surface area contributed by atoms with Crippen molar-refractivity contribution in [3.63, 3.8) is 0 Å². The van der Waals surface area contributed by atoms with Crippen molar-refractivity contribution in [2.24, 2.45) is 5.73 Å². The van der Waals surface area contributed by atoms with Crippen LogP contribution < -0.4 is 10.5 Å². The highest BCUT2D eigenvalue weighted by Gasteiger charge is 2.31. The number of fused-ring (bicyclic) bond motifs is 1. The summed E-state index contributed by atoms with van der Waals surface area (Å²) in [5, 5.41) is 0.882. The van der Waals surface area contributed by atoms with Gasteiger partial charge in [0.05, 0.1) is 10.6 Å². The molecule has 0 saturated carbocycles. The van der Waals surface area contributed by atoms with Crippen LogP contribution in [0.3, 0.4) is 0 Å². The number of rotatable bonds is 9. The quantitative estimate of drug-likeness (QED) is 0.277. The number of allylic oxidation sites excluding steroid dienone is 4. The summed E-state index contributed by atoms with van der Waals surface area (Å²) in [7, 11) is -7.90. The zero-order chi connectivity index (χ0) is 30.9. The van der Waals surface area contributed by atoms with E-state index in [9.17, 15) is 26.4 Å². The van der Waals surface area contributed by atoms with Crippen molar-refractivity contribution in [1.82, 2.24) is 9.29 Å². The molecule has 0 saturated heterocycles. The van der Waals surface area contributed by atoms with E-state index in [0.717, 1.165) is 17.4 Å². The van der Waals surface area contributed by atoms with Crippen LogP contribution in [0.25, 0.3) is 16.5 Å². The second-order valence-electron chi connectivity index (χ2n) is 10.3. The minimum Gasteiger partial charge on any atom is -0.331 e. The molecule has 3 aromatic carbocycles. The molecule has 3 N–H and O–H groups in total. The number of nitrogens with zero attached hydrogens (tertiary/aromatic N) is 1. The number of carbonyl (C=O) groups excluding carboxylic acids is 2. The number of hydrogen-bond acceptors (Lipinski definition) is 7. The lowest BCUT2D eigenvalue weighted by Gasteiger charge is -2.15. The van der Waals surface area contributed by atoms with Crippen molar-refractivity contribution in [2.75, 3.05) is 6.26 Å². The fraction of sp³-hybridized carbons (Fsp3) is 0.161. The maximum absolute atomic E-state index is 14.1. The number of sulfonamides is 1. The number of hydrogen-bond donors (Lipinski definition) is 2. The Morgan fingerprint density at radius 2 is 1.70 bits per heavy atom. The number of carbonyl (C=O) groups is 2. The van der Waals surface area contributed by atoms with Gasteiger partial charge < -0.3 is 10.3 Å². The summed E-state index contributed by atoms with van der Waals surface area (Å²) in [6.07, 6.45) is 6.16. The number of aromatic nitrogens is 1. The van der Waals surface area contributed by atoms with Gasteiger partial charge in [0.1, 0.15) is 5.69 Å². The summed E-state index contributed by atoms with van der Waals surface area (Å²) in [4.78, 5) is 26.9. The highest BCUT2D eigenvalue weighted by Crippen LogP contribution is 2.36. The highest BCUT2D eigenvalue weighted by atomic mass is 35.5. The number of sulfone groups is 1. The molecule has 222 valence electrons. The first kappa shape index (κ1) is 30.4. The third-order valence-corrected chi connectivity index (χ3v) is 9.37. The summed E-state index contributed by atoms with van der Waals surface area (Å²) in [6, 6.07) is 17.9. The Bertz CT molecular complexity index is 2060. The zero-order valence-electron chi connectivity index (χ0n) is 23.1. The van der Waals surface area contributed by atoms with Gasteiger partial charge in [-0.15, -0.1) is 0 Å². The Kier molecular flexibility index (Phi) is 8.44. The maximum Gasteiger partial charge on any atom is 0.282 e. The SMILES string of the molecule is CS(=O)(=O)Cc1cccc(S(=O)(=O)NC(=O)c2c(C3=CC=CCC3=O)c3cc(Cl)ccc3n2Cc2cccc(CN)c2)c1. The van der Waals surface area contributed by atoms with Gasteiger partial charge in [0.2, 0.25) is 0 Å². The summed E-state index contributed by atoms with van der Waals surface area (Å²) in [5.41, 5.74) is 8.82. The second kappa shape index (κ2) is 11.9. The molecule has 5 rings (SSSR count). The Balaban J connectivity index is 1.69. The van der Waals surface area contributed by atoms with E-state index in [4.69, 9.17) is 17.3 Å². The van der Waals surface area contributed by atoms with Crippen molar-refractivity contribution < 1.29 is 26.4 Å². The highest BCUT2D eigenvalue weighted by molar-refractivity contribution is 7.90. The molecule has 0 atom stereocenters. The predicted molar refractivity (Wildman–Crippen MR) is 167 cm³/mol. The topological polar surface area (TPSA) is 145 Å². The average molecular weight is 638 g/mol. The Morgan fingerprint density at radius 1 is 0.977 bits per heavy atom. The zero-order valence-corrected chi connectivity index (χ0v) is 25.5. The monoisotopic (exact) mass is 637 g/mol. The van der Waals surface area contributed by atoms with Gasteiger partial charge in [-0.2, -0.15) is 0 Å². The molecule has 0 aliphatic heterocycles. The lowest BCUT2D eigenvalue weighted by atomic mass is 9.93. The molecule has 1 aliphatic carbocycles. The molecule has 0 spiro atoms. The summed E-state index contributed by atoms with van der Waals surface area (Å²) in [6.45, 7) is 0.467. The van der Waals surface area contributed by atoms with Crippen molar-refractivity contribution in [3.8, 4) is 0 Å². The van der Waals surface area contributed by atoms with Gasteiger partial charge in [-0.3, -0.25) is 9.59 Å². The molecule has 4 aromatic rings. The van der Waals surface area contributed by atoms with Crippen LogP contribution in [0.2, 0.25) is 5.02 Å². The first-order valence-electron chi connectivity index (χ1n) is 13.2. The molecule has 1 aliphatic rings. The average Bonchev–Trinajstić information content (AvgIpc) is 3.25. The normalized spacial score (nSPS) is 13.7. The van der Waals surface area contributed by atoms with E-state index in [1.165, 1.54) is 24.3 Å². The van der Waals surface area contributed by atoms with Crippen LogP contribution in [0, 0.1) is 0 Å². The molecule has 0 bridgehead atoms. The van der Waals surface area contributed by atoms with Crippen LogP contribution in [0.5, 0.6) is 0 Å². The van der Waals surface area contributed by atoms with Gasteiger partial charge in [0, 0.05) is 52.8 Å². The predicted octanol–water partition coefficient (Wildman–Crippen LogP) is 4.38. The third-order valence-electron chi connectivity index (χ3n) is 6.94. The first-order chi connectivity index (χ1) is 20.4. The molecule has 43 heavy (non-hydrogen) atoms. The fourth-order valence-corrected chi connectivity index (χ4v) is 7.12. The minimum atomic E-state index is -4.46. The van der Waals surface area contributed by atoms with Crippen LogP contribution in [-0.2, 0) is 43.5 Å². The van der Waals surface area contributed by atoms with Gasteiger partial charge in [-0.1, -0.05) is 66.2 Å². The molecular weight excluding hydrogens is 610 g/mol. The summed E-state index contributed by atoms with van der Waals surface area (Å²) < 4.78 is 54.4. The number of ketones is 1. The summed E-state index contributed by atoms with van der Waals surface area (Å²) in [5.74, 6) is -1.57. The molecule has 1 heterocycles. The smallest absolute Gasteiger partial charge is 0.282 e. The van der Waals surface area contributed by atoms with Crippen LogP contribution in [0.15, 0.2) is 89.9 Å². The van der Waals surface area contributed by atoms with Crippen molar-refractivity contribution in [2.45, 2.75) is 30.2 Å². The number of nitrogens with two attached hydrogens (primary N) is 1. The van der Waals surface area contributed by atoms with Crippen molar-refractivity contribution in [1.29, 1.82) is 0 Å². The molecule has 1 amide bonds. The third kappa shape index (κ3) is 6.65. The van der Waals surface area contributed by atoms with Crippen LogP contribution >= 0.6 is 11.6 Å². The standard InChI is InChI=1S/C31H28ClN3O6S2/c1-42(38,39)19-22-8-5-9-24(15-22)43(40,41)34-31(37)30-29(25-10-2-3-11-28(25)36)26-16-23(32)12-13-27(26)35(30)18-21-7-4-6-20(14-21)17-33/h2-10,12-16H,11,17-19,33H2,1H3,(H,34,37). The van der Waals surface area contributed by atoms with E-state index in [1.54, 1.807) is 41.0 Å². The lowest BCUT2D eigenvalue weighted by molar-refractivity contribution is -0.113. The minimum absolute atomic E-state index is 0.0406. The van der Waals surface area contributed by atoms with Crippen LogP contribution in [0.4, 0.5) is 0 Å². The van der Waals surface area contributed by atoms with E-state index >= 15 is 0 Å². The van der Waals surface area contributed by atoms with Crippen molar-refractivity contribution in [3.05, 3.63) is 118 Å². The van der Waals surface area contributed by atoms with E-state index in [-0.39, 0.29) is 51.8 Å². The molecule has 9 nitrogen and oxygen atoms in total. The van der Waals surface area contributed by atoms with Crippen molar-refractivity contribution >= 4 is 59.6 Å². The number of Topliss-reactive ketones (excluding diaryl/α,β-unsaturated/α-hetero) is 1. The fourth-order valence-electron chi connectivity index (χ4n) is 5.14. The first-order valence-corrected chi connectivity index (χ1v) is 17.1. The van der Waals surface area contributed by atoms with E-state index in [0.29, 0.717) is 22.5 Å². The van der Waals surface area contributed by atoms with Gasteiger partial charge in [0.15, 0.2) is 15.6 Å². The van der Waals surface area contributed by atoms with E-state index in [1.807, 2.05) is 24.3 Å². The maximum atomic E-state index is 14.1. The Labute approximate surface area is 254 Å². The summed E-state index contributed by atoms with van der Waals surface area (Å²) >= 11 is 6.37. The van der Waals surface area contributed by atoms with Gasteiger partial charge in [-0.25, -0.2) is 21.6 Å². The lowest BCUT2D eigenvalue weighted by Crippen LogP contribution is -2.33. The van der Waals surface area contributed by atoms with Gasteiger partial charge in [-0.05, 0) is 47.0 Å². The molecule has 0 radical (unpaired) electrons. The second-order valence-corrected chi connectivity index (χ2v) is 14.5. The molecule has 1 aromatic heterocycles. The number of halogens is 1. The Morgan fingerprint density at radius 3 is 2.42 bits per heavy atom. The van der Waals surface area contributed by atoms with Crippen LogP contribution in [0.1, 0.15) is 39.2 Å². The van der Waals surface area contributed by atoms with Gasteiger partial charge in [0.25, 0.3) is 15.9 Å². The van der Waals surface area contributed by atoms with E-state index in [2.05, 4.69) is 4.72 Å². The molecular formula is C31H28ClN3O6S2. The molecule has 0 fully saturated rings. The van der Waals surface area contributed by atoms with Crippen LogP contribution in [-0.4, -0.2) is 39.3 Å². The van der Waals surface area contributed by atoms with Gasteiger partial charge >= 0.3 is 0 Å². The Hall–Kier alpha value is -4.03. The number of nitrogens with one attached hydrogen (secondary N) is 1. The number of amides is 1. The molecule has 12 heteroatoms. The van der Waals surface area contributed by atoms with E-state index < -0.39 is 25.8 Å².